The maximum atomic E-state index is 12.8. The maximum Gasteiger partial charge on any atom is 0.274 e. The molecule has 1 fully saturated rings. The lowest BCUT2D eigenvalue weighted by Gasteiger charge is -2.31. The Hall–Kier alpha value is -2.76. The molecule has 0 unspecified atom stereocenters. The van der Waals surface area contributed by atoms with Crippen molar-refractivity contribution in [2.45, 2.75) is 19.3 Å². The molecule has 6 nitrogen and oxygen atoms in total. The lowest BCUT2D eigenvalue weighted by Crippen LogP contribution is -2.39. The first kappa shape index (κ1) is 14.8. The number of carbonyl (C=O) groups excluding carboxylic acids is 1. The summed E-state index contributed by atoms with van der Waals surface area (Å²) in [4.78, 5) is 27.6. The van der Waals surface area contributed by atoms with E-state index in [2.05, 4.69) is 15.0 Å². The molecule has 0 saturated carbocycles. The van der Waals surface area contributed by atoms with Gasteiger partial charge in [-0.25, -0.2) is 15.0 Å². The van der Waals surface area contributed by atoms with E-state index < -0.39 is 0 Å². The van der Waals surface area contributed by atoms with Gasteiger partial charge in [-0.1, -0.05) is 0 Å². The van der Waals surface area contributed by atoms with Crippen LogP contribution in [-0.4, -0.2) is 43.2 Å². The van der Waals surface area contributed by atoms with Crippen molar-refractivity contribution in [1.82, 2.24) is 24.3 Å². The predicted molar refractivity (Wildman–Crippen MR) is 89.6 cm³/mol. The van der Waals surface area contributed by atoms with Gasteiger partial charge in [-0.3, -0.25) is 4.79 Å². The van der Waals surface area contributed by atoms with Gasteiger partial charge in [0, 0.05) is 50.5 Å². The van der Waals surface area contributed by atoms with Crippen LogP contribution in [0.15, 0.2) is 49.2 Å². The Kier molecular flexibility index (Phi) is 3.94. The van der Waals surface area contributed by atoms with E-state index in [4.69, 9.17) is 0 Å². The summed E-state index contributed by atoms with van der Waals surface area (Å²) in [7, 11) is 0. The molecule has 0 N–H and O–H groups in total. The molecule has 3 aromatic heterocycles. The summed E-state index contributed by atoms with van der Waals surface area (Å²) in [5.41, 5.74) is 1.40. The zero-order valence-electron chi connectivity index (χ0n) is 13.4. The van der Waals surface area contributed by atoms with Crippen LogP contribution in [-0.2, 0) is 6.42 Å². The van der Waals surface area contributed by atoms with Gasteiger partial charge in [-0.05, 0) is 37.0 Å². The van der Waals surface area contributed by atoms with Crippen LogP contribution in [0, 0.1) is 5.92 Å². The average molecular weight is 321 g/mol. The minimum absolute atomic E-state index is 0.0220. The Balaban J connectivity index is 1.42. The van der Waals surface area contributed by atoms with Gasteiger partial charge in [-0.2, -0.15) is 0 Å². The van der Waals surface area contributed by atoms with E-state index in [-0.39, 0.29) is 5.91 Å². The smallest absolute Gasteiger partial charge is 0.274 e. The van der Waals surface area contributed by atoms with Crippen molar-refractivity contribution in [1.29, 1.82) is 0 Å². The summed E-state index contributed by atoms with van der Waals surface area (Å²) in [6, 6.07) is 5.69. The van der Waals surface area contributed by atoms with Crippen molar-refractivity contribution in [2.24, 2.45) is 5.92 Å². The molecule has 0 radical (unpaired) electrons. The normalized spacial score (nSPS) is 15.8. The van der Waals surface area contributed by atoms with E-state index in [1.54, 1.807) is 18.6 Å². The highest BCUT2D eigenvalue weighted by Crippen LogP contribution is 2.22. The van der Waals surface area contributed by atoms with Crippen LogP contribution in [0.4, 0.5) is 0 Å². The average Bonchev–Trinajstić information content (AvgIpc) is 3.11. The Morgan fingerprint density at radius 1 is 1.04 bits per heavy atom. The first-order valence-corrected chi connectivity index (χ1v) is 8.28. The van der Waals surface area contributed by atoms with Crippen LogP contribution in [0.2, 0.25) is 0 Å². The number of fused-ring (bicyclic) bond motifs is 1. The third-order valence-corrected chi connectivity index (χ3v) is 4.65. The van der Waals surface area contributed by atoms with Gasteiger partial charge in [-0.15, -0.1) is 0 Å². The number of amides is 1. The second kappa shape index (κ2) is 6.39. The second-order valence-corrected chi connectivity index (χ2v) is 6.18. The Labute approximate surface area is 140 Å². The van der Waals surface area contributed by atoms with E-state index in [1.165, 1.54) is 0 Å². The Morgan fingerprint density at radius 2 is 1.83 bits per heavy atom. The van der Waals surface area contributed by atoms with Crippen LogP contribution in [0.25, 0.3) is 5.52 Å². The highest BCUT2D eigenvalue weighted by atomic mass is 16.2. The number of piperidine rings is 1. The summed E-state index contributed by atoms with van der Waals surface area (Å²) in [6.45, 7) is 1.53. The summed E-state index contributed by atoms with van der Waals surface area (Å²) < 4.78 is 1.93. The van der Waals surface area contributed by atoms with Gasteiger partial charge in [0.15, 0.2) is 5.69 Å². The zero-order chi connectivity index (χ0) is 16.4. The van der Waals surface area contributed by atoms with Crippen molar-refractivity contribution in [2.75, 3.05) is 13.1 Å². The molecule has 4 heterocycles. The van der Waals surface area contributed by atoms with Crippen molar-refractivity contribution in [3.63, 3.8) is 0 Å². The molecule has 4 rings (SSSR count). The molecule has 1 aliphatic rings. The maximum absolute atomic E-state index is 12.8. The molecule has 24 heavy (non-hydrogen) atoms. The van der Waals surface area contributed by atoms with Gasteiger partial charge >= 0.3 is 0 Å². The predicted octanol–water partition coefficient (Wildman–Crippen LogP) is 2.22. The summed E-state index contributed by atoms with van der Waals surface area (Å²) in [5, 5.41) is 0. The van der Waals surface area contributed by atoms with Gasteiger partial charge in [0.1, 0.15) is 5.82 Å². The molecule has 0 aromatic carbocycles. The number of likely N-dealkylation sites (tertiary alicyclic amines) is 1. The van der Waals surface area contributed by atoms with Crippen LogP contribution >= 0.6 is 0 Å². The summed E-state index contributed by atoms with van der Waals surface area (Å²) in [6.07, 6.45) is 11.9. The molecule has 1 aliphatic heterocycles. The van der Waals surface area contributed by atoms with Crippen LogP contribution in [0.5, 0.6) is 0 Å². The lowest BCUT2D eigenvalue weighted by molar-refractivity contribution is 0.0685. The quantitative estimate of drug-likeness (QED) is 0.742. The highest BCUT2D eigenvalue weighted by Gasteiger charge is 2.26. The van der Waals surface area contributed by atoms with Crippen LogP contribution < -0.4 is 0 Å². The molecule has 3 aromatic rings. The highest BCUT2D eigenvalue weighted by molar-refractivity contribution is 5.98. The third-order valence-electron chi connectivity index (χ3n) is 4.65. The molecule has 1 amide bonds. The third kappa shape index (κ3) is 2.87. The number of rotatable bonds is 3. The molecule has 0 spiro atoms. The van der Waals surface area contributed by atoms with Crippen molar-refractivity contribution in [3.8, 4) is 0 Å². The SMILES string of the molecule is O=C(c1nccn2cccc12)N1CCC(Cc2ncccn2)CC1. The minimum Gasteiger partial charge on any atom is -0.337 e. The fourth-order valence-corrected chi connectivity index (χ4v) is 3.32. The molecular formula is C18H19N5O. The number of hydrogen-bond acceptors (Lipinski definition) is 4. The fraction of sp³-hybridized carbons (Fsp3) is 0.333. The van der Waals surface area contributed by atoms with Gasteiger partial charge in [0.2, 0.25) is 0 Å². The zero-order valence-corrected chi connectivity index (χ0v) is 13.4. The first-order valence-electron chi connectivity index (χ1n) is 8.28. The fourth-order valence-electron chi connectivity index (χ4n) is 3.32. The van der Waals surface area contributed by atoms with Crippen molar-refractivity contribution < 1.29 is 4.79 Å². The molecule has 122 valence electrons. The molecule has 0 atom stereocenters. The summed E-state index contributed by atoms with van der Waals surface area (Å²) in [5.74, 6) is 1.45. The number of aromatic nitrogens is 4. The molecule has 0 aliphatic carbocycles. The largest absolute Gasteiger partial charge is 0.337 e. The number of nitrogens with zero attached hydrogens (tertiary/aromatic N) is 5. The van der Waals surface area contributed by atoms with Crippen LogP contribution in [0.3, 0.4) is 0 Å². The Bertz CT molecular complexity index is 837. The second-order valence-electron chi connectivity index (χ2n) is 6.18. The van der Waals surface area contributed by atoms with E-state index in [1.807, 2.05) is 39.9 Å². The van der Waals surface area contributed by atoms with E-state index >= 15 is 0 Å². The van der Waals surface area contributed by atoms with Gasteiger partial charge < -0.3 is 9.30 Å². The van der Waals surface area contributed by atoms with E-state index in [0.29, 0.717) is 11.6 Å². The van der Waals surface area contributed by atoms with Gasteiger partial charge in [0.25, 0.3) is 5.91 Å². The van der Waals surface area contributed by atoms with Gasteiger partial charge in [0.05, 0.1) is 5.52 Å². The molecule has 6 heteroatoms. The topological polar surface area (TPSA) is 63.4 Å². The van der Waals surface area contributed by atoms with Crippen LogP contribution in [0.1, 0.15) is 29.2 Å². The lowest BCUT2D eigenvalue weighted by atomic mass is 9.93. The minimum atomic E-state index is 0.0220. The Morgan fingerprint density at radius 3 is 2.62 bits per heavy atom. The monoisotopic (exact) mass is 321 g/mol. The van der Waals surface area contributed by atoms with E-state index in [0.717, 1.165) is 43.7 Å². The molecule has 0 bridgehead atoms. The van der Waals surface area contributed by atoms with Crippen molar-refractivity contribution >= 4 is 11.4 Å². The van der Waals surface area contributed by atoms with Crippen molar-refractivity contribution in [3.05, 3.63) is 60.7 Å². The molecule has 1 saturated heterocycles. The number of hydrogen-bond donors (Lipinski definition) is 0. The standard InChI is InChI=1S/C18H19N5O/c24-18(17-15-3-1-9-22(15)12-8-21-17)23-10-4-14(5-11-23)13-16-19-6-2-7-20-16/h1-3,6-9,12,14H,4-5,10-11,13H2. The number of carbonyl (C=O) groups is 1. The summed E-state index contributed by atoms with van der Waals surface area (Å²) >= 11 is 0. The first-order chi connectivity index (χ1) is 11.8. The van der Waals surface area contributed by atoms with E-state index in [9.17, 15) is 4.79 Å². The molecular weight excluding hydrogens is 302 g/mol.